The van der Waals surface area contributed by atoms with Crippen molar-refractivity contribution in [1.29, 1.82) is 0 Å². The summed E-state index contributed by atoms with van der Waals surface area (Å²) < 4.78 is 59.9. The molecule has 1 aliphatic heterocycles. The van der Waals surface area contributed by atoms with Gasteiger partial charge in [0.1, 0.15) is 22.3 Å². The Morgan fingerprint density at radius 1 is 0.939 bits per heavy atom. The molecular formula is C24H22F2N2O4S. The fourth-order valence-electron chi connectivity index (χ4n) is 3.68. The van der Waals surface area contributed by atoms with E-state index in [-0.39, 0.29) is 31.8 Å². The van der Waals surface area contributed by atoms with Crippen molar-refractivity contribution in [3.8, 4) is 11.5 Å². The van der Waals surface area contributed by atoms with Gasteiger partial charge in [0.2, 0.25) is 15.9 Å². The monoisotopic (exact) mass is 472 g/mol. The molecule has 4 rings (SSSR count). The Balaban J connectivity index is 1.41. The second-order valence-corrected chi connectivity index (χ2v) is 9.56. The Hall–Kier alpha value is -3.30. The molecule has 1 heterocycles. The average molecular weight is 473 g/mol. The molecule has 1 saturated heterocycles. The fraction of sp³-hybridized carbons (Fsp3) is 0.208. The van der Waals surface area contributed by atoms with Crippen LogP contribution in [0, 0.1) is 17.6 Å². The third-order valence-electron chi connectivity index (χ3n) is 5.45. The standard InChI is InChI=1S/C24H22F2N2O4S/c25-18-10-11-20(26)23(16-18)33(30,31)28-14-12-17(13-15-28)24(29)27-21-8-4-5-9-22(21)32-19-6-2-1-3-7-19/h1-11,16-17H,12-15H2,(H,27,29). The minimum atomic E-state index is -4.20. The highest BCUT2D eigenvalue weighted by Gasteiger charge is 2.34. The fourth-order valence-corrected chi connectivity index (χ4v) is 5.23. The lowest BCUT2D eigenvalue weighted by molar-refractivity contribution is -0.120. The molecule has 33 heavy (non-hydrogen) atoms. The largest absolute Gasteiger partial charge is 0.455 e. The van der Waals surface area contributed by atoms with E-state index in [9.17, 15) is 22.0 Å². The average Bonchev–Trinajstić information content (AvgIpc) is 2.82. The van der Waals surface area contributed by atoms with Crippen molar-refractivity contribution >= 4 is 21.6 Å². The molecule has 3 aromatic rings. The first-order chi connectivity index (χ1) is 15.8. The van der Waals surface area contributed by atoms with E-state index in [1.54, 1.807) is 36.4 Å². The summed E-state index contributed by atoms with van der Waals surface area (Å²) in [5.74, 6) is -1.42. The number of nitrogens with zero attached hydrogens (tertiary/aromatic N) is 1. The molecule has 0 aliphatic carbocycles. The van der Waals surface area contributed by atoms with E-state index < -0.39 is 32.5 Å². The molecular weight excluding hydrogens is 450 g/mol. The van der Waals surface area contributed by atoms with Gasteiger partial charge in [-0.05, 0) is 55.3 Å². The molecule has 1 amide bonds. The van der Waals surface area contributed by atoms with E-state index in [0.717, 1.165) is 16.4 Å². The molecule has 0 spiro atoms. The first kappa shape index (κ1) is 22.9. The smallest absolute Gasteiger partial charge is 0.246 e. The number of benzene rings is 3. The van der Waals surface area contributed by atoms with Crippen LogP contribution in [0.1, 0.15) is 12.8 Å². The minimum Gasteiger partial charge on any atom is -0.455 e. The van der Waals surface area contributed by atoms with Crippen LogP contribution in [0.15, 0.2) is 77.7 Å². The van der Waals surface area contributed by atoms with Gasteiger partial charge in [0, 0.05) is 19.0 Å². The van der Waals surface area contributed by atoms with Crippen LogP contribution in [0.25, 0.3) is 0 Å². The molecule has 1 N–H and O–H groups in total. The first-order valence-electron chi connectivity index (χ1n) is 10.4. The number of rotatable bonds is 6. The second kappa shape index (κ2) is 9.68. The minimum absolute atomic E-state index is 0.0263. The summed E-state index contributed by atoms with van der Waals surface area (Å²) in [4.78, 5) is 12.2. The van der Waals surface area contributed by atoms with Gasteiger partial charge in [-0.25, -0.2) is 17.2 Å². The van der Waals surface area contributed by atoms with Gasteiger partial charge in [0.25, 0.3) is 0 Å². The summed E-state index contributed by atoms with van der Waals surface area (Å²) in [7, 11) is -4.20. The molecule has 0 atom stereocenters. The van der Waals surface area contributed by atoms with Crippen molar-refractivity contribution in [2.75, 3.05) is 18.4 Å². The van der Waals surface area contributed by atoms with Crippen LogP contribution in [0.2, 0.25) is 0 Å². The zero-order valence-corrected chi connectivity index (χ0v) is 18.4. The summed E-state index contributed by atoms with van der Waals surface area (Å²) in [6, 6.07) is 18.5. The molecule has 0 aromatic heterocycles. The highest BCUT2D eigenvalue weighted by atomic mass is 32.2. The highest BCUT2D eigenvalue weighted by Crippen LogP contribution is 2.31. The van der Waals surface area contributed by atoms with E-state index >= 15 is 0 Å². The first-order valence-corrected chi connectivity index (χ1v) is 11.9. The lowest BCUT2D eigenvalue weighted by Crippen LogP contribution is -2.41. The lowest BCUT2D eigenvalue weighted by Gasteiger charge is -2.30. The van der Waals surface area contributed by atoms with Gasteiger partial charge in [0.05, 0.1) is 5.69 Å². The Morgan fingerprint density at radius 2 is 1.61 bits per heavy atom. The molecule has 6 nitrogen and oxygen atoms in total. The summed E-state index contributed by atoms with van der Waals surface area (Å²) in [5, 5.41) is 2.86. The van der Waals surface area contributed by atoms with E-state index in [2.05, 4.69) is 5.32 Å². The number of hydrogen-bond donors (Lipinski definition) is 1. The predicted molar refractivity (Wildman–Crippen MR) is 119 cm³/mol. The van der Waals surface area contributed by atoms with Crippen molar-refractivity contribution in [3.63, 3.8) is 0 Å². The zero-order valence-electron chi connectivity index (χ0n) is 17.6. The second-order valence-electron chi connectivity index (χ2n) is 7.65. The van der Waals surface area contributed by atoms with Crippen LogP contribution in [0.4, 0.5) is 14.5 Å². The number of sulfonamides is 1. The summed E-state index contributed by atoms with van der Waals surface area (Å²) in [6.45, 7) is 0.0526. The number of hydrogen-bond acceptors (Lipinski definition) is 4. The number of piperidine rings is 1. The Bertz CT molecular complexity index is 1240. The van der Waals surface area contributed by atoms with Crippen LogP contribution in [-0.4, -0.2) is 31.7 Å². The number of para-hydroxylation sites is 3. The molecule has 0 radical (unpaired) electrons. The Morgan fingerprint density at radius 3 is 2.33 bits per heavy atom. The van der Waals surface area contributed by atoms with Crippen LogP contribution < -0.4 is 10.1 Å². The number of halogens is 2. The van der Waals surface area contributed by atoms with E-state index in [1.165, 1.54) is 0 Å². The van der Waals surface area contributed by atoms with Crippen molar-refractivity contribution in [2.24, 2.45) is 5.92 Å². The van der Waals surface area contributed by atoms with Crippen LogP contribution in [-0.2, 0) is 14.8 Å². The van der Waals surface area contributed by atoms with Gasteiger partial charge < -0.3 is 10.1 Å². The maximum atomic E-state index is 14.0. The molecule has 9 heteroatoms. The molecule has 172 valence electrons. The predicted octanol–water partition coefficient (Wildman–Crippen LogP) is 4.80. The van der Waals surface area contributed by atoms with Crippen LogP contribution in [0.3, 0.4) is 0 Å². The molecule has 1 aliphatic rings. The number of carbonyl (C=O) groups is 1. The van der Waals surface area contributed by atoms with Crippen molar-refractivity contribution < 1.29 is 26.7 Å². The van der Waals surface area contributed by atoms with E-state index in [4.69, 9.17) is 4.74 Å². The summed E-state index contributed by atoms with van der Waals surface area (Å²) in [5.41, 5.74) is 0.503. The third kappa shape index (κ3) is 5.20. The maximum absolute atomic E-state index is 14.0. The van der Waals surface area contributed by atoms with E-state index in [1.807, 2.05) is 18.2 Å². The molecule has 3 aromatic carbocycles. The van der Waals surface area contributed by atoms with Gasteiger partial charge in [-0.2, -0.15) is 4.31 Å². The summed E-state index contributed by atoms with van der Waals surface area (Å²) in [6.07, 6.45) is 0.507. The number of nitrogens with one attached hydrogen (secondary N) is 1. The topological polar surface area (TPSA) is 75.7 Å². The third-order valence-corrected chi connectivity index (χ3v) is 7.37. The van der Waals surface area contributed by atoms with Gasteiger partial charge in [-0.3, -0.25) is 4.79 Å². The normalized spacial score (nSPS) is 15.2. The van der Waals surface area contributed by atoms with Crippen LogP contribution >= 0.6 is 0 Å². The van der Waals surface area contributed by atoms with Gasteiger partial charge >= 0.3 is 0 Å². The molecule has 1 fully saturated rings. The summed E-state index contributed by atoms with van der Waals surface area (Å²) >= 11 is 0. The lowest BCUT2D eigenvalue weighted by atomic mass is 9.97. The molecule has 0 unspecified atom stereocenters. The Kier molecular flexibility index (Phi) is 6.71. The quantitative estimate of drug-likeness (QED) is 0.559. The van der Waals surface area contributed by atoms with Crippen molar-refractivity contribution in [2.45, 2.75) is 17.7 Å². The maximum Gasteiger partial charge on any atom is 0.246 e. The van der Waals surface area contributed by atoms with E-state index in [0.29, 0.717) is 23.3 Å². The molecule has 0 bridgehead atoms. The number of ether oxygens (including phenoxy) is 1. The number of amides is 1. The SMILES string of the molecule is O=C(Nc1ccccc1Oc1ccccc1)C1CCN(S(=O)(=O)c2cc(F)ccc2F)CC1. The zero-order chi connectivity index (χ0) is 23.4. The van der Waals surface area contributed by atoms with Crippen LogP contribution in [0.5, 0.6) is 11.5 Å². The molecule has 0 saturated carbocycles. The van der Waals surface area contributed by atoms with Gasteiger partial charge in [-0.15, -0.1) is 0 Å². The highest BCUT2D eigenvalue weighted by molar-refractivity contribution is 7.89. The van der Waals surface area contributed by atoms with Gasteiger partial charge in [0.15, 0.2) is 5.75 Å². The Labute approximate surface area is 190 Å². The number of carbonyl (C=O) groups excluding carboxylic acids is 1. The van der Waals surface area contributed by atoms with Gasteiger partial charge in [-0.1, -0.05) is 30.3 Å². The van der Waals surface area contributed by atoms with Crippen molar-refractivity contribution in [3.05, 3.63) is 84.4 Å². The van der Waals surface area contributed by atoms with Crippen molar-refractivity contribution in [1.82, 2.24) is 4.31 Å². The number of anilines is 1.